The number of carbonyl (C=O) groups is 2. The van der Waals surface area contributed by atoms with Crippen molar-refractivity contribution in [1.82, 2.24) is 4.90 Å². The summed E-state index contributed by atoms with van der Waals surface area (Å²) in [5, 5.41) is 9.71. The first-order valence-electron chi connectivity index (χ1n) is 10.5. The van der Waals surface area contributed by atoms with Gasteiger partial charge < -0.3 is 9.84 Å². The summed E-state index contributed by atoms with van der Waals surface area (Å²) >= 11 is 4.79. The van der Waals surface area contributed by atoms with Gasteiger partial charge in [0.15, 0.2) is 5.17 Å². The fourth-order valence-electron chi connectivity index (χ4n) is 3.34. The molecule has 3 aromatic rings. The van der Waals surface area contributed by atoms with E-state index in [4.69, 9.17) is 14.8 Å². The minimum Gasteiger partial charge on any atom is -0.493 e. The zero-order chi connectivity index (χ0) is 24.1. The predicted molar refractivity (Wildman–Crippen MR) is 138 cm³/mol. The number of aromatic carboxylic acids is 1. The van der Waals surface area contributed by atoms with Crippen molar-refractivity contribution >= 4 is 56.5 Å². The van der Waals surface area contributed by atoms with Gasteiger partial charge in [0, 0.05) is 10.0 Å². The van der Waals surface area contributed by atoms with Gasteiger partial charge in [0.25, 0.3) is 5.91 Å². The van der Waals surface area contributed by atoms with Crippen molar-refractivity contribution in [2.45, 2.75) is 13.5 Å². The molecule has 0 spiro atoms. The van der Waals surface area contributed by atoms with Crippen LogP contribution >= 0.6 is 27.7 Å². The van der Waals surface area contributed by atoms with Crippen molar-refractivity contribution in [1.29, 1.82) is 0 Å². The highest BCUT2D eigenvalue weighted by Gasteiger charge is 2.33. The number of ether oxygens (including phenoxy) is 1. The van der Waals surface area contributed by atoms with Gasteiger partial charge in [0.2, 0.25) is 0 Å². The lowest BCUT2D eigenvalue weighted by Gasteiger charge is -2.16. The predicted octanol–water partition coefficient (Wildman–Crippen LogP) is 6.35. The molecule has 1 aliphatic heterocycles. The lowest BCUT2D eigenvalue weighted by molar-refractivity contribution is -0.122. The maximum Gasteiger partial charge on any atom is 0.335 e. The van der Waals surface area contributed by atoms with Gasteiger partial charge in [0.05, 0.1) is 29.3 Å². The smallest absolute Gasteiger partial charge is 0.335 e. The van der Waals surface area contributed by atoms with Gasteiger partial charge in [-0.3, -0.25) is 9.69 Å². The third kappa shape index (κ3) is 5.58. The van der Waals surface area contributed by atoms with Gasteiger partial charge in [-0.25, -0.2) is 9.79 Å². The third-order valence-electron chi connectivity index (χ3n) is 4.97. The SMILES string of the molecule is CCOc1ccc(Br)cc1/C=C1\SC(=Nc2ccccc2)N(Cc2ccc(C(=O)O)cc2)C1=O. The molecule has 0 aliphatic carbocycles. The number of amides is 1. The van der Waals surface area contributed by atoms with E-state index in [2.05, 4.69) is 15.9 Å². The van der Waals surface area contributed by atoms with Crippen molar-refractivity contribution < 1.29 is 19.4 Å². The molecule has 1 N–H and O–H groups in total. The Kier molecular flexibility index (Phi) is 7.49. The van der Waals surface area contributed by atoms with Gasteiger partial charge in [-0.2, -0.15) is 0 Å². The Bertz CT molecular complexity index is 1270. The van der Waals surface area contributed by atoms with Crippen LogP contribution in [-0.4, -0.2) is 33.7 Å². The molecule has 1 saturated heterocycles. The number of aliphatic imine (C=N–C) groups is 1. The number of para-hydroxylation sites is 1. The van der Waals surface area contributed by atoms with Crippen molar-refractivity contribution in [2.75, 3.05) is 6.61 Å². The molecule has 34 heavy (non-hydrogen) atoms. The van der Waals surface area contributed by atoms with Crippen molar-refractivity contribution in [2.24, 2.45) is 4.99 Å². The highest BCUT2D eigenvalue weighted by molar-refractivity contribution is 9.10. The number of hydrogen-bond acceptors (Lipinski definition) is 5. The number of nitrogens with zero attached hydrogens (tertiary/aromatic N) is 2. The Hall–Kier alpha value is -3.36. The summed E-state index contributed by atoms with van der Waals surface area (Å²) in [5.74, 6) is -0.477. The van der Waals surface area contributed by atoms with Gasteiger partial charge in [-0.1, -0.05) is 46.3 Å². The molecule has 0 unspecified atom stereocenters. The van der Waals surface area contributed by atoms with Crippen molar-refractivity contribution in [3.63, 3.8) is 0 Å². The number of carbonyl (C=O) groups excluding carboxylic acids is 1. The maximum atomic E-state index is 13.5. The zero-order valence-electron chi connectivity index (χ0n) is 18.3. The van der Waals surface area contributed by atoms with Crippen molar-refractivity contribution in [3.05, 3.63) is 98.9 Å². The lowest BCUT2D eigenvalue weighted by Crippen LogP contribution is -2.28. The second-order valence-corrected chi connectivity index (χ2v) is 9.27. The first-order chi connectivity index (χ1) is 16.4. The van der Waals surface area contributed by atoms with Gasteiger partial charge in [-0.15, -0.1) is 0 Å². The molecule has 8 heteroatoms. The number of carboxylic acids is 1. The number of hydrogen-bond donors (Lipinski definition) is 1. The number of halogens is 1. The normalized spacial score (nSPS) is 15.8. The highest BCUT2D eigenvalue weighted by atomic mass is 79.9. The molecule has 1 heterocycles. The van der Waals surface area contributed by atoms with E-state index in [1.54, 1.807) is 17.0 Å². The Labute approximate surface area is 210 Å². The molecule has 1 aliphatic rings. The summed E-state index contributed by atoms with van der Waals surface area (Å²) in [6.45, 7) is 2.69. The summed E-state index contributed by atoms with van der Waals surface area (Å²) in [5.41, 5.74) is 2.53. The summed E-state index contributed by atoms with van der Waals surface area (Å²) in [7, 11) is 0. The molecule has 0 atom stereocenters. The van der Waals surface area contributed by atoms with Crippen LogP contribution in [0.3, 0.4) is 0 Å². The molecule has 6 nitrogen and oxygen atoms in total. The highest BCUT2D eigenvalue weighted by Crippen LogP contribution is 2.37. The van der Waals surface area contributed by atoms with Crippen LogP contribution < -0.4 is 4.74 Å². The van der Waals surface area contributed by atoms with Gasteiger partial charge in [-0.05, 0) is 72.8 Å². The number of benzene rings is 3. The van der Waals surface area contributed by atoms with E-state index in [1.165, 1.54) is 23.9 Å². The Morgan fingerprint density at radius 3 is 2.53 bits per heavy atom. The average molecular weight is 537 g/mol. The van der Waals surface area contributed by atoms with Gasteiger partial charge >= 0.3 is 5.97 Å². The summed E-state index contributed by atoms with van der Waals surface area (Å²) < 4.78 is 6.62. The summed E-state index contributed by atoms with van der Waals surface area (Å²) in [6.07, 6.45) is 1.82. The monoisotopic (exact) mass is 536 g/mol. The molecule has 3 aromatic carbocycles. The minimum atomic E-state index is -0.991. The zero-order valence-corrected chi connectivity index (χ0v) is 20.7. The van der Waals surface area contributed by atoms with E-state index in [1.807, 2.05) is 61.5 Å². The first kappa shape index (κ1) is 23.8. The Morgan fingerprint density at radius 2 is 1.85 bits per heavy atom. The Balaban J connectivity index is 1.71. The van der Waals surface area contributed by atoms with E-state index in [0.29, 0.717) is 22.4 Å². The number of carboxylic acid groups (broad SMARTS) is 1. The molecular formula is C26H21BrN2O4S. The molecule has 172 valence electrons. The second-order valence-electron chi connectivity index (χ2n) is 7.35. The van der Waals surface area contributed by atoms with Crippen LogP contribution in [0.25, 0.3) is 6.08 Å². The maximum absolute atomic E-state index is 13.5. The van der Waals surface area contributed by atoms with Crippen LogP contribution in [0, 0.1) is 0 Å². The van der Waals surface area contributed by atoms with Crippen LogP contribution in [0.1, 0.15) is 28.4 Å². The van der Waals surface area contributed by atoms with E-state index in [-0.39, 0.29) is 18.0 Å². The summed E-state index contributed by atoms with van der Waals surface area (Å²) in [6, 6.07) is 21.6. The lowest BCUT2D eigenvalue weighted by atomic mass is 10.1. The molecule has 0 saturated carbocycles. The summed E-state index contributed by atoms with van der Waals surface area (Å²) in [4.78, 5) is 31.5. The number of amidine groups is 1. The molecule has 0 bridgehead atoms. The Morgan fingerprint density at radius 1 is 1.12 bits per heavy atom. The largest absolute Gasteiger partial charge is 0.493 e. The average Bonchev–Trinajstić information content (AvgIpc) is 3.10. The topological polar surface area (TPSA) is 79.2 Å². The molecule has 0 aromatic heterocycles. The van der Waals surface area contributed by atoms with Crippen LogP contribution in [-0.2, 0) is 11.3 Å². The van der Waals surface area contributed by atoms with E-state index in [9.17, 15) is 9.59 Å². The van der Waals surface area contributed by atoms with E-state index < -0.39 is 5.97 Å². The minimum absolute atomic E-state index is 0.176. The third-order valence-corrected chi connectivity index (χ3v) is 6.47. The molecular weight excluding hydrogens is 516 g/mol. The first-order valence-corrected chi connectivity index (χ1v) is 12.2. The molecule has 4 rings (SSSR count). The van der Waals surface area contributed by atoms with Crippen LogP contribution in [0.5, 0.6) is 5.75 Å². The van der Waals surface area contributed by atoms with Crippen LogP contribution in [0.2, 0.25) is 0 Å². The van der Waals surface area contributed by atoms with E-state index in [0.717, 1.165) is 21.3 Å². The number of rotatable bonds is 7. The molecule has 1 fully saturated rings. The number of thioether (sulfide) groups is 1. The van der Waals surface area contributed by atoms with Crippen LogP contribution in [0.15, 0.2) is 87.2 Å². The van der Waals surface area contributed by atoms with Crippen molar-refractivity contribution in [3.8, 4) is 5.75 Å². The van der Waals surface area contributed by atoms with Crippen LogP contribution in [0.4, 0.5) is 5.69 Å². The standard InChI is InChI=1S/C26H21BrN2O4S/c1-2-33-22-13-12-20(27)14-19(22)15-23-24(30)29(16-17-8-10-18(11-9-17)25(31)32)26(34-23)28-21-6-4-3-5-7-21/h3-15H,2,16H2,1H3,(H,31,32)/b23-15-,28-26?. The second kappa shape index (κ2) is 10.7. The fraction of sp³-hybridized carbons (Fsp3) is 0.115. The molecule has 0 radical (unpaired) electrons. The quantitative estimate of drug-likeness (QED) is 0.356. The van der Waals surface area contributed by atoms with Gasteiger partial charge in [0.1, 0.15) is 5.75 Å². The molecule has 1 amide bonds. The fourth-order valence-corrected chi connectivity index (χ4v) is 4.71. The van der Waals surface area contributed by atoms with E-state index >= 15 is 0 Å².